The number of benzene rings is 1. The molecule has 1 aliphatic heterocycles. The van der Waals surface area contributed by atoms with Crippen molar-refractivity contribution in [2.45, 2.75) is 25.7 Å². The maximum absolute atomic E-state index is 12.6. The van der Waals surface area contributed by atoms with Crippen LogP contribution in [0.1, 0.15) is 42.6 Å². The molecule has 0 atom stereocenters. The van der Waals surface area contributed by atoms with Gasteiger partial charge in [-0.05, 0) is 54.3 Å². The smallest absolute Gasteiger partial charge is 0.227 e. The lowest BCUT2D eigenvalue weighted by Gasteiger charge is -2.11. The van der Waals surface area contributed by atoms with Crippen LogP contribution >= 0.6 is 0 Å². The second kappa shape index (κ2) is 9.75. The van der Waals surface area contributed by atoms with E-state index < -0.39 is 0 Å². The Morgan fingerprint density at radius 3 is 2.67 bits per heavy atom. The van der Waals surface area contributed by atoms with Crippen molar-refractivity contribution >= 4 is 34.3 Å². The van der Waals surface area contributed by atoms with Gasteiger partial charge in [-0.25, -0.2) is 4.98 Å². The van der Waals surface area contributed by atoms with Crippen LogP contribution < -0.4 is 5.32 Å². The zero-order chi connectivity index (χ0) is 26.2. The Morgan fingerprint density at radius 1 is 0.923 bits per heavy atom. The van der Waals surface area contributed by atoms with Crippen LogP contribution in [0.25, 0.3) is 39.1 Å². The van der Waals surface area contributed by atoms with Crippen molar-refractivity contribution in [3.63, 3.8) is 0 Å². The number of H-pyrrole nitrogens is 2. The number of anilines is 1. The molecule has 1 aliphatic carbocycles. The number of carbonyl (C=O) groups excluding carboxylic acids is 1. The Hall–Kier alpha value is -4.92. The molecule has 192 valence electrons. The average molecular weight is 515 g/mol. The molecule has 1 fully saturated rings. The highest BCUT2D eigenvalue weighted by Crippen LogP contribution is 2.33. The highest BCUT2D eigenvalue weighted by Gasteiger charge is 2.23. The predicted octanol–water partition coefficient (Wildman–Crippen LogP) is 5.40. The lowest BCUT2D eigenvalue weighted by atomic mass is 10.0. The summed E-state index contributed by atoms with van der Waals surface area (Å²) in [7, 11) is 0. The molecule has 5 heterocycles. The number of nitrogens with zero attached hydrogens (tertiary/aromatic N) is 5. The third-order valence-corrected chi connectivity index (χ3v) is 7.45. The molecule has 0 radical (unpaired) electrons. The molecule has 1 saturated carbocycles. The molecule has 7 rings (SSSR count). The zero-order valence-corrected chi connectivity index (χ0v) is 21.2. The predicted molar refractivity (Wildman–Crippen MR) is 151 cm³/mol. The number of aliphatic imine (C=N–C) groups is 1. The molecule has 0 saturated heterocycles. The number of hydrogen-bond donors (Lipinski definition) is 3. The normalized spacial score (nSPS) is 15.2. The summed E-state index contributed by atoms with van der Waals surface area (Å²) in [5.41, 5.74) is 7.94. The first-order valence-corrected chi connectivity index (χ1v) is 13.2. The first-order chi connectivity index (χ1) is 19.2. The Bertz CT molecular complexity index is 1740. The molecule has 0 bridgehead atoms. The summed E-state index contributed by atoms with van der Waals surface area (Å²) < 4.78 is 0. The van der Waals surface area contributed by atoms with E-state index in [0.717, 1.165) is 75.9 Å². The first-order valence-electron chi connectivity index (χ1n) is 13.2. The quantitative estimate of drug-likeness (QED) is 0.290. The Kier molecular flexibility index (Phi) is 5.81. The van der Waals surface area contributed by atoms with Gasteiger partial charge in [0.15, 0.2) is 5.82 Å². The fraction of sp³-hybridized carbons (Fsp3) is 0.200. The SMILES string of the molecule is O=C(Nc1cncc(-c2ccc3[nH]nc(-c4nc5c([nH]4)C=NCC=C5c4ccncc4)c3c2)c1)C1CCCC1. The molecule has 0 spiro atoms. The molecule has 4 aromatic heterocycles. The number of carbonyl (C=O) groups is 1. The summed E-state index contributed by atoms with van der Waals surface area (Å²) in [6.45, 7) is 0.583. The molecule has 0 unspecified atom stereocenters. The van der Waals surface area contributed by atoms with Crippen LogP contribution in [0, 0.1) is 5.92 Å². The zero-order valence-electron chi connectivity index (χ0n) is 21.2. The van der Waals surface area contributed by atoms with E-state index >= 15 is 0 Å². The van der Waals surface area contributed by atoms with Crippen molar-refractivity contribution < 1.29 is 4.79 Å². The van der Waals surface area contributed by atoms with Crippen LogP contribution in [0.3, 0.4) is 0 Å². The Labute approximate surface area is 224 Å². The molecule has 1 amide bonds. The van der Waals surface area contributed by atoms with Crippen molar-refractivity contribution in [2.24, 2.45) is 10.9 Å². The fourth-order valence-corrected chi connectivity index (χ4v) is 5.44. The van der Waals surface area contributed by atoms with Gasteiger partial charge < -0.3 is 10.3 Å². The molecule has 39 heavy (non-hydrogen) atoms. The minimum atomic E-state index is 0.0836. The molecule has 3 N–H and O–H groups in total. The third kappa shape index (κ3) is 4.41. The van der Waals surface area contributed by atoms with Gasteiger partial charge in [-0.2, -0.15) is 5.10 Å². The minimum Gasteiger partial charge on any atom is -0.335 e. The van der Waals surface area contributed by atoms with Gasteiger partial charge in [-0.15, -0.1) is 0 Å². The van der Waals surface area contributed by atoms with Crippen LogP contribution in [-0.4, -0.2) is 48.8 Å². The number of fused-ring (bicyclic) bond motifs is 2. The number of hydrogen-bond acceptors (Lipinski definition) is 6. The molecular weight excluding hydrogens is 488 g/mol. The average Bonchev–Trinajstić information content (AvgIpc) is 3.72. The standard InChI is InChI=1S/C30H26N8O/c39-30(19-3-1-2-4-19)34-22-13-21(15-33-16-22)20-5-6-25-24(14-20)28(38-37-25)29-35-26-17-32-12-9-23(27(26)36-29)18-7-10-31-11-8-18/h5-11,13-17,19H,1-4,12H2,(H,34,39)(H,35,36)(H,37,38). The van der Waals surface area contributed by atoms with Gasteiger partial charge in [-0.1, -0.05) is 25.0 Å². The first kappa shape index (κ1) is 23.2. The molecule has 5 aromatic rings. The maximum atomic E-state index is 12.6. The van der Waals surface area contributed by atoms with Gasteiger partial charge in [0.05, 0.1) is 35.3 Å². The summed E-state index contributed by atoms with van der Waals surface area (Å²) in [5.74, 6) is 0.841. The number of aromatic amines is 2. The third-order valence-electron chi connectivity index (χ3n) is 7.45. The van der Waals surface area contributed by atoms with Crippen molar-refractivity contribution in [1.29, 1.82) is 0 Å². The molecule has 2 aliphatic rings. The number of imidazole rings is 1. The van der Waals surface area contributed by atoms with E-state index in [2.05, 4.69) is 47.6 Å². The van der Waals surface area contributed by atoms with Gasteiger partial charge in [-0.3, -0.25) is 24.9 Å². The van der Waals surface area contributed by atoms with E-state index in [4.69, 9.17) is 4.98 Å². The highest BCUT2D eigenvalue weighted by atomic mass is 16.1. The van der Waals surface area contributed by atoms with Gasteiger partial charge in [0, 0.05) is 47.2 Å². The minimum absolute atomic E-state index is 0.0836. The van der Waals surface area contributed by atoms with Gasteiger partial charge in [0.1, 0.15) is 5.69 Å². The van der Waals surface area contributed by atoms with Crippen LogP contribution in [0.2, 0.25) is 0 Å². The van der Waals surface area contributed by atoms with Crippen molar-refractivity contribution in [2.75, 3.05) is 11.9 Å². The summed E-state index contributed by atoms with van der Waals surface area (Å²) in [5, 5.41) is 11.7. The monoisotopic (exact) mass is 514 g/mol. The van der Waals surface area contributed by atoms with E-state index in [1.54, 1.807) is 18.6 Å². The van der Waals surface area contributed by atoms with Gasteiger partial charge in [0.2, 0.25) is 5.91 Å². The van der Waals surface area contributed by atoms with Crippen molar-refractivity contribution in [1.82, 2.24) is 30.1 Å². The van der Waals surface area contributed by atoms with Crippen LogP contribution in [0.5, 0.6) is 0 Å². The summed E-state index contributed by atoms with van der Waals surface area (Å²) in [6.07, 6.45) is 15.1. The number of rotatable bonds is 5. The Balaban J connectivity index is 1.23. The van der Waals surface area contributed by atoms with Crippen molar-refractivity contribution in [3.8, 4) is 22.6 Å². The molecule has 9 heteroatoms. The highest BCUT2D eigenvalue weighted by molar-refractivity contribution is 5.97. The maximum Gasteiger partial charge on any atom is 0.227 e. The summed E-state index contributed by atoms with van der Waals surface area (Å²) in [4.78, 5) is 34.1. The second-order valence-corrected chi connectivity index (χ2v) is 9.96. The number of aromatic nitrogens is 6. The van der Waals surface area contributed by atoms with E-state index in [1.165, 1.54) is 0 Å². The largest absolute Gasteiger partial charge is 0.335 e. The second-order valence-electron chi connectivity index (χ2n) is 9.96. The lowest BCUT2D eigenvalue weighted by molar-refractivity contribution is -0.119. The molecule has 9 nitrogen and oxygen atoms in total. The Morgan fingerprint density at radius 2 is 1.79 bits per heavy atom. The van der Waals surface area contributed by atoms with Gasteiger partial charge in [0.25, 0.3) is 0 Å². The topological polar surface area (TPSA) is 125 Å². The summed E-state index contributed by atoms with van der Waals surface area (Å²) >= 11 is 0. The molecular formula is C30H26N8O. The lowest BCUT2D eigenvalue weighted by Crippen LogP contribution is -2.20. The van der Waals surface area contributed by atoms with E-state index in [9.17, 15) is 4.79 Å². The van der Waals surface area contributed by atoms with Crippen molar-refractivity contribution in [3.05, 3.63) is 84.2 Å². The number of amides is 1. The number of nitrogens with one attached hydrogen (secondary N) is 3. The van der Waals surface area contributed by atoms with Gasteiger partial charge >= 0.3 is 0 Å². The molecule has 1 aromatic carbocycles. The number of pyridine rings is 2. The summed E-state index contributed by atoms with van der Waals surface area (Å²) in [6, 6.07) is 12.0. The van der Waals surface area contributed by atoms with Crippen LogP contribution in [-0.2, 0) is 4.79 Å². The van der Waals surface area contributed by atoms with E-state index in [1.807, 2.05) is 42.7 Å². The van der Waals surface area contributed by atoms with E-state index in [-0.39, 0.29) is 11.8 Å². The fourth-order valence-electron chi connectivity index (χ4n) is 5.44. The van der Waals surface area contributed by atoms with Crippen LogP contribution in [0.15, 0.2) is 72.3 Å². The van der Waals surface area contributed by atoms with Crippen LogP contribution in [0.4, 0.5) is 5.69 Å². The van der Waals surface area contributed by atoms with E-state index in [0.29, 0.717) is 18.1 Å².